The molecule has 0 atom stereocenters. The first kappa shape index (κ1) is 83.4. The number of rotatable bonds is 31. The lowest BCUT2D eigenvalue weighted by molar-refractivity contribution is -0.275. The summed E-state index contributed by atoms with van der Waals surface area (Å²) in [6.07, 6.45) is -8.86. The van der Waals surface area contributed by atoms with E-state index in [1.807, 2.05) is 36.4 Å². The number of nitrogens with zero attached hydrogens (tertiary/aromatic N) is 1. The monoisotopic (exact) mass is 1590 g/mol. The van der Waals surface area contributed by atoms with E-state index in [1.165, 1.54) is 96.7 Å². The molecule has 9 rings (SSSR count). The molecule has 8 aromatic carbocycles. The Bertz CT molecular complexity index is 4700. The molecule has 0 saturated heterocycles. The Morgan fingerprint density at radius 1 is 0.500 bits per heavy atom. The Labute approximate surface area is 612 Å². The molecule has 0 unspecified atom stereocenters. The van der Waals surface area contributed by atoms with Gasteiger partial charge in [0.15, 0.2) is 22.5 Å². The van der Waals surface area contributed by atoms with Crippen LogP contribution in [0.5, 0.6) is 17.2 Å². The molecule has 0 radical (unpaired) electrons. The van der Waals surface area contributed by atoms with E-state index < -0.39 is 72.3 Å². The highest BCUT2D eigenvalue weighted by atomic mass is 33.1. The maximum absolute atomic E-state index is 12.6. The van der Waals surface area contributed by atoms with E-state index in [2.05, 4.69) is 56.6 Å². The number of nitrogens with one attached hydrogen (secondary N) is 5. The molecule has 37 heteroatoms. The molecule has 0 aliphatic rings. The van der Waals surface area contributed by atoms with Crippen molar-refractivity contribution >= 4 is 126 Å². The highest BCUT2D eigenvalue weighted by Crippen LogP contribution is 2.31. The second kappa shape index (κ2) is 37.9. The van der Waals surface area contributed by atoms with E-state index in [1.54, 1.807) is 11.6 Å². The Balaban J connectivity index is 0.000000238. The van der Waals surface area contributed by atoms with E-state index >= 15 is 0 Å². The van der Waals surface area contributed by atoms with Gasteiger partial charge in [-0.2, -0.15) is 0 Å². The maximum Gasteiger partial charge on any atom is 0.573 e. The van der Waals surface area contributed by atoms with Gasteiger partial charge in [-0.3, -0.25) is 48.2 Å². The largest absolute Gasteiger partial charge is 0.573 e. The molecule has 0 bridgehead atoms. The minimum atomic E-state index is -4.93. The van der Waals surface area contributed by atoms with Gasteiger partial charge in [-0.05, 0) is 181 Å². The van der Waals surface area contributed by atoms with Crippen LogP contribution in [0.25, 0.3) is 17.0 Å². The summed E-state index contributed by atoms with van der Waals surface area (Å²) >= 11 is 0.870. The fourth-order valence-corrected chi connectivity index (χ4v) is 14.6. The second-order valence-electron chi connectivity index (χ2n) is 21.8. The normalized spacial score (nSPS) is 11.9. The molecule has 0 saturated carbocycles. The number of fused-ring (bicyclic) bond motifs is 1. The number of ether oxygens (including phenoxy) is 3. The van der Waals surface area contributed by atoms with Gasteiger partial charge < -0.3 is 24.3 Å². The number of anilines is 3. The number of alkyl halides is 9. The van der Waals surface area contributed by atoms with Crippen molar-refractivity contribution in [3.8, 4) is 17.2 Å². The molecular formula is C69H61F9N6O16S6. The highest BCUT2D eigenvalue weighted by molar-refractivity contribution is 8.77. The number of hydrogen-bond donors (Lipinski definition) is 7. The second-order valence-corrected chi connectivity index (χ2v) is 30.5. The van der Waals surface area contributed by atoms with Crippen LogP contribution in [-0.2, 0) is 52.6 Å². The maximum atomic E-state index is 12.6. The number of Topliss-reactive ketones (excluding diaryl/α,β-unsaturated/α-hetero) is 3. The van der Waals surface area contributed by atoms with Crippen LogP contribution in [0.1, 0.15) is 54.7 Å². The van der Waals surface area contributed by atoms with Crippen molar-refractivity contribution in [3.05, 3.63) is 240 Å². The number of aromatic amines is 1. The first-order chi connectivity index (χ1) is 49.9. The van der Waals surface area contributed by atoms with Gasteiger partial charge in [-0.15, -0.1) is 39.5 Å². The fourth-order valence-electron chi connectivity index (χ4n) is 9.11. The summed E-state index contributed by atoms with van der Waals surface area (Å²) < 4.78 is 203. The number of carbonyl (C=O) groups excluding carboxylic acids is 5. The van der Waals surface area contributed by atoms with Gasteiger partial charge in [0.2, 0.25) is 0 Å². The number of aliphatic hydroxyl groups excluding tert-OH is 1. The third-order valence-corrected chi connectivity index (χ3v) is 21.2. The minimum Gasteiger partial charge on any atom is -0.406 e. The number of aromatic nitrogens is 1. The number of sulfonamides is 3. The summed E-state index contributed by atoms with van der Waals surface area (Å²) in [6.45, 7) is 3.66. The summed E-state index contributed by atoms with van der Waals surface area (Å²) in [6, 6.07) is 43.4. The van der Waals surface area contributed by atoms with Crippen molar-refractivity contribution in [2.24, 2.45) is 0 Å². The smallest absolute Gasteiger partial charge is 0.406 e. The summed E-state index contributed by atoms with van der Waals surface area (Å²) in [4.78, 5) is 63.6. The molecule has 9 aromatic rings. The quantitative estimate of drug-likeness (QED) is 0.00404. The standard InChI is InChI=1S/C30H22F6N2O8S4.C22H25N3O3.C17H14F3NO5S2/c31-29(32,33)45-23-9-13-25(14-10-23)49(41,42)37-21-5-1-19(2-6-21)27(39)17-47-48-18-28(40)20-3-7-22(8-4-20)38-50(43,44)26-15-11-24(12-16-26)46-30(34,35)36;26-14-13-25(12-11-19-15-23-21-4-2-1-3-20(19)21)16-18-7-5-17(6-8-18)9-10-22(27)24-28;1-11(22)27-10-16(23)12-2-4-13(5-3-12)21-28(24,25)15-8-6-14(7-9-15)26-17(18,19)20/h1-16,37-38H,17-18H2;1-10,15,23,26,28H,11-14,16H2,(H,24,27);2-9,21H,10H2,1H3/b;10-9+;. The summed E-state index contributed by atoms with van der Waals surface area (Å²) in [5.74, 6) is -3.27. The SMILES string of the molecule is CC(=O)SCC(=O)c1ccc(NS(=O)(=O)c2ccc(OC(F)(F)F)cc2)cc1.O=C(/C=C/c1ccc(CN(CCO)CCc2c[nH]c3ccccc23)cc1)NO.O=C(CSSCC(=O)c1ccc(NS(=O)(=O)c2ccc(OC(F)(F)F)cc2)cc1)c1ccc(NS(=O)(=O)c2ccc(OC(F)(F)F)cc2)cc1. The molecule has 1 heterocycles. The number of carbonyl (C=O) groups is 5. The molecule has 0 fully saturated rings. The number of para-hydroxylation sites is 1. The lowest BCUT2D eigenvalue weighted by Crippen LogP contribution is -2.28. The summed E-state index contributed by atoms with van der Waals surface area (Å²) in [7, 11) is -10.2. The molecular weight excluding hydrogens is 1530 g/mol. The van der Waals surface area contributed by atoms with E-state index in [0.717, 1.165) is 142 Å². The van der Waals surface area contributed by atoms with E-state index in [9.17, 15) is 93.8 Å². The molecule has 0 spiro atoms. The average molecular weight is 1590 g/mol. The Morgan fingerprint density at radius 3 is 1.24 bits per heavy atom. The molecule has 22 nitrogen and oxygen atoms in total. The number of ketones is 3. The van der Waals surface area contributed by atoms with E-state index in [0.29, 0.717) is 12.1 Å². The predicted octanol–water partition coefficient (Wildman–Crippen LogP) is 14.1. The topological polar surface area (TPSA) is 323 Å². The Hall–Kier alpha value is -9.86. The van der Waals surface area contributed by atoms with Crippen LogP contribution in [0.15, 0.2) is 221 Å². The number of thioether (sulfide) groups is 1. The summed E-state index contributed by atoms with van der Waals surface area (Å²) in [5.41, 5.74) is 7.16. The van der Waals surface area contributed by atoms with Crippen molar-refractivity contribution in [2.45, 2.75) is 53.7 Å². The molecule has 0 aliphatic carbocycles. The van der Waals surface area contributed by atoms with Crippen LogP contribution in [-0.4, -0.2) is 130 Å². The van der Waals surface area contributed by atoms with E-state index in [-0.39, 0.29) is 89.2 Å². The minimum absolute atomic E-state index is 0.0211. The number of aliphatic hydroxyl groups is 1. The van der Waals surface area contributed by atoms with Gasteiger partial charge in [0.25, 0.3) is 36.0 Å². The number of benzene rings is 8. The molecule has 1 aromatic heterocycles. The zero-order valence-corrected chi connectivity index (χ0v) is 59.7. The molecule has 7 N–H and O–H groups in total. The predicted molar refractivity (Wildman–Crippen MR) is 382 cm³/mol. The average Bonchev–Trinajstić information content (AvgIpc) is 0.887. The number of amides is 1. The molecule has 1 amide bonds. The van der Waals surface area contributed by atoms with Gasteiger partial charge >= 0.3 is 19.1 Å². The van der Waals surface area contributed by atoms with Gasteiger partial charge in [0.1, 0.15) is 17.2 Å². The van der Waals surface area contributed by atoms with Crippen LogP contribution < -0.4 is 33.9 Å². The van der Waals surface area contributed by atoms with Crippen LogP contribution in [0, 0.1) is 0 Å². The fraction of sp³-hybridized carbons (Fsp3) is 0.174. The molecule has 0 aliphatic heterocycles. The Kier molecular flexibility index (Phi) is 29.8. The van der Waals surface area contributed by atoms with Crippen LogP contribution in [0.3, 0.4) is 0 Å². The van der Waals surface area contributed by atoms with Crippen molar-refractivity contribution in [1.82, 2.24) is 15.4 Å². The molecule has 106 heavy (non-hydrogen) atoms. The van der Waals surface area contributed by atoms with Gasteiger partial charge in [0, 0.05) is 83.5 Å². The molecule has 562 valence electrons. The van der Waals surface area contributed by atoms with Gasteiger partial charge in [-0.1, -0.05) is 75.8 Å². The van der Waals surface area contributed by atoms with Crippen LogP contribution in [0.2, 0.25) is 0 Å². The number of halogens is 9. The van der Waals surface area contributed by atoms with Crippen molar-refractivity contribution < 1.29 is 113 Å². The Morgan fingerprint density at radius 2 is 0.877 bits per heavy atom. The van der Waals surface area contributed by atoms with Gasteiger partial charge in [-0.25, -0.2) is 30.7 Å². The third-order valence-electron chi connectivity index (χ3n) is 14.1. The van der Waals surface area contributed by atoms with Crippen molar-refractivity contribution in [1.29, 1.82) is 0 Å². The lowest BCUT2D eigenvalue weighted by atomic mass is 10.1. The van der Waals surface area contributed by atoms with Gasteiger partial charge in [0.05, 0.1) is 38.6 Å². The number of hydroxylamine groups is 1. The highest BCUT2D eigenvalue weighted by Gasteiger charge is 2.33. The number of H-pyrrole nitrogens is 1. The zero-order chi connectivity index (χ0) is 77.5. The number of hydrogen-bond acceptors (Lipinski definition) is 20. The van der Waals surface area contributed by atoms with Crippen LogP contribution >= 0.6 is 33.3 Å². The van der Waals surface area contributed by atoms with E-state index in [4.69, 9.17) is 5.21 Å². The van der Waals surface area contributed by atoms with Crippen LogP contribution in [0.4, 0.5) is 56.6 Å². The lowest BCUT2D eigenvalue weighted by Gasteiger charge is -2.21. The summed E-state index contributed by atoms with van der Waals surface area (Å²) in [5, 5.41) is 19.0. The first-order valence-corrected chi connectivity index (χ1v) is 38.4. The third kappa shape index (κ3) is 27.9. The van der Waals surface area contributed by atoms with Crippen molar-refractivity contribution in [3.63, 3.8) is 0 Å². The van der Waals surface area contributed by atoms with Crippen molar-refractivity contribution in [2.75, 3.05) is 51.1 Å². The zero-order valence-electron chi connectivity index (χ0n) is 54.8. The first-order valence-electron chi connectivity index (χ1n) is 30.5.